The van der Waals surface area contributed by atoms with Crippen LogP contribution in [-0.4, -0.2) is 22.7 Å². The smallest absolute Gasteiger partial charge is 0.189 e. The van der Waals surface area contributed by atoms with E-state index in [1.807, 2.05) is 56.2 Å². The summed E-state index contributed by atoms with van der Waals surface area (Å²) in [4.78, 5) is 8.60. The lowest BCUT2D eigenvalue weighted by atomic mass is 10.1. The number of hydrogen-bond donors (Lipinski definition) is 1. The van der Waals surface area contributed by atoms with Gasteiger partial charge in [0, 0.05) is 0 Å². The molecule has 0 aliphatic carbocycles. The molecule has 0 saturated carbocycles. The van der Waals surface area contributed by atoms with Crippen molar-refractivity contribution in [3.63, 3.8) is 0 Å². The van der Waals surface area contributed by atoms with Crippen molar-refractivity contribution in [1.82, 2.24) is 0 Å². The van der Waals surface area contributed by atoms with Crippen LogP contribution in [0.25, 0.3) is 0 Å². The van der Waals surface area contributed by atoms with Gasteiger partial charge in [-0.1, -0.05) is 48.0 Å². The molecule has 0 radical (unpaired) electrons. The first-order valence-corrected chi connectivity index (χ1v) is 7.38. The Kier molecular flexibility index (Phi) is 7.53. The van der Waals surface area contributed by atoms with Gasteiger partial charge in [0.25, 0.3) is 0 Å². The molecule has 4 nitrogen and oxygen atoms in total. The Balaban J connectivity index is 0.00000106. The molecule has 0 bridgehead atoms. The molecule has 0 aliphatic heterocycles. The van der Waals surface area contributed by atoms with Gasteiger partial charge >= 0.3 is 0 Å². The fraction of sp³-hybridized carbons (Fsp3) is 0.188. The number of aliphatic hydroxyl groups excluding tert-OH is 1. The van der Waals surface area contributed by atoms with Crippen LogP contribution < -0.4 is 0 Å². The summed E-state index contributed by atoms with van der Waals surface area (Å²) in [5, 5.41) is 9.90. The molecular weight excluding hydrogens is 288 g/mol. The minimum atomic E-state index is -1.55. The first kappa shape index (κ1) is 17.2. The molecule has 0 amide bonds. The summed E-state index contributed by atoms with van der Waals surface area (Å²) in [5.74, 6) is 0. The highest BCUT2D eigenvalue weighted by Gasteiger charge is 2.11. The summed E-state index contributed by atoms with van der Waals surface area (Å²) in [5.41, 5.74) is 1.86. The zero-order chi connectivity index (χ0) is 15.7. The third-order valence-electron chi connectivity index (χ3n) is 2.73. The lowest BCUT2D eigenvalue weighted by Gasteiger charge is -2.10. The molecule has 0 fully saturated rings. The van der Waals surface area contributed by atoms with Crippen molar-refractivity contribution in [2.75, 3.05) is 6.61 Å². The SMILES string of the molecule is C=O.Cc1ccc(S(=O)OCC(O)c2ccccc2)cc1. The van der Waals surface area contributed by atoms with Gasteiger partial charge < -0.3 is 9.90 Å². The number of rotatable bonds is 5. The Labute approximate surface area is 127 Å². The van der Waals surface area contributed by atoms with E-state index in [2.05, 4.69) is 0 Å². The molecule has 0 heterocycles. The van der Waals surface area contributed by atoms with E-state index >= 15 is 0 Å². The molecule has 2 unspecified atom stereocenters. The van der Waals surface area contributed by atoms with Crippen molar-refractivity contribution in [3.8, 4) is 0 Å². The maximum Gasteiger partial charge on any atom is 0.189 e. The van der Waals surface area contributed by atoms with Crippen LogP contribution in [0.5, 0.6) is 0 Å². The average molecular weight is 306 g/mol. The highest BCUT2D eigenvalue weighted by molar-refractivity contribution is 7.80. The molecular formula is C16H18O4S. The van der Waals surface area contributed by atoms with Crippen molar-refractivity contribution in [2.45, 2.75) is 17.9 Å². The molecule has 5 heteroatoms. The normalized spacial score (nSPS) is 12.9. The summed E-state index contributed by atoms with van der Waals surface area (Å²) >= 11 is -1.55. The largest absolute Gasteiger partial charge is 0.386 e. The van der Waals surface area contributed by atoms with Crippen LogP contribution in [0, 0.1) is 6.92 Å². The Hall–Kier alpha value is -1.82. The highest BCUT2D eigenvalue weighted by atomic mass is 32.2. The second kappa shape index (κ2) is 9.18. The van der Waals surface area contributed by atoms with Gasteiger partial charge in [-0.25, -0.2) is 4.21 Å². The molecule has 0 aromatic heterocycles. The molecule has 0 spiro atoms. The molecule has 112 valence electrons. The first-order chi connectivity index (χ1) is 10.2. The summed E-state index contributed by atoms with van der Waals surface area (Å²) < 4.78 is 17.1. The zero-order valence-electron chi connectivity index (χ0n) is 11.8. The standard InChI is InChI=1S/C15H16O3S.CH2O/c1-12-7-9-14(10-8-12)19(17)18-11-15(16)13-5-3-2-4-6-13;1-2/h2-10,15-16H,11H2,1H3;1H2. The molecule has 2 atom stereocenters. The van der Waals surface area contributed by atoms with Crippen LogP contribution in [0.1, 0.15) is 17.2 Å². The van der Waals surface area contributed by atoms with Gasteiger partial charge in [0.05, 0.1) is 11.5 Å². The van der Waals surface area contributed by atoms with E-state index in [1.54, 1.807) is 12.1 Å². The third kappa shape index (κ3) is 5.59. The highest BCUT2D eigenvalue weighted by Crippen LogP contribution is 2.15. The summed E-state index contributed by atoms with van der Waals surface area (Å²) in [7, 11) is 0. The van der Waals surface area contributed by atoms with Crippen LogP contribution in [0.3, 0.4) is 0 Å². The van der Waals surface area contributed by atoms with E-state index in [1.165, 1.54) is 0 Å². The molecule has 1 N–H and O–H groups in total. The topological polar surface area (TPSA) is 63.6 Å². The number of aliphatic hydroxyl groups is 1. The molecule has 0 aliphatic rings. The molecule has 2 rings (SSSR count). The summed E-state index contributed by atoms with van der Waals surface area (Å²) in [6.45, 7) is 3.97. The van der Waals surface area contributed by atoms with Gasteiger partial charge in [-0.3, -0.25) is 4.18 Å². The minimum absolute atomic E-state index is 0.00447. The van der Waals surface area contributed by atoms with Crippen LogP contribution in [0.15, 0.2) is 59.5 Å². The van der Waals surface area contributed by atoms with Gasteiger partial charge in [-0.2, -0.15) is 0 Å². The average Bonchev–Trinajstić information content (AvgIpc) is 2.55. The molecule has 0 saturated heterocycles. The van der Waals surface area contributed by atoms with E-state index in [-0.39, 0.29) is 6.61 Å². The van der Waals surface area contributed by atoms with Crippen LogP contribution in [-0.2, 0) is 20.1 Å². The fourth-order valence-corrected chi connectivity index (χ4v) is 2.36. The van der Waals surface area contributed by atoms with E-state index in [0.29, 0.717) is 4.90 Å². The zero-order valence-corrected chi connectivity index (χ0v) is 12.6. The van der Waals surface area contributed by atoms with Gasteiger partial charge in [0.1, 0.15) is 12.9 Å². The summed E-state index contributed by atoms with van der Waals surface area (Å²) in [6, 6.07) is 16.5. The molecule has 21 heavy (non-hydrogen) atoms. The maximum absolute atomic E-state index is 11.9. The number of benzene rings is 2. The predicted octanol–water partition coefficient (Wildman–Crippen LogP) is 2.58. The minimum Gasteiger partial charge on any atom is -0.386 e. The Bertz CT molecular complexity index is 554. The monoisotopic (exact) mass is 306 g/mol. The van der Waals surface area contributed by atoms with Crippen molar-refractivity contribution >= 4 is 17.9 Å². The predicted molar refractivity (Wildman–Crippen MR) is 82.1 cm³/mol. The van der Waals surface area contributed by atoms with E-state index < -0.39 is 17.2 Å². The van der Waals surface area contributed by atoms with E-state index in [4.69, 9.17) is 8.98 Å². The first-order valence-electron chi connectivity index (χ1n) is 6.30. The van der Waals surface area contributed by atoms with Gasteiger partial charge in [0.15, 0.2) is 11.1 Å². The molecule has 2 aromatic carbocycles. The van der Waals surface area contributed by atoms with Gasteiger partial charge in [0.2, 0.25) is 0 Å². The number of hydrogen-bond acceptors (Lipinski definition) is 4. The second-order valence-corrected chi connectivity index (χ2v) is 5.44. The lowest BCUT2D eigenvalue weighted by molar-refractivity contribution is -0.0979. The Morgan fingerprint density at radius 2 is 1.67 bits per heavy atom. The Morgan fingerprint density at radius 1 is 1.10 bits per heavy atom. The third-order valence-corrected chi connectivity index (χ3v) is 3.74. The maximum atomic E-state index is 11.9. The number of carbonyl (C=O) groups is 1. The number of aryl methyl sites for hydroxylation is 1. The number of carbonyl (C=O) groups excluding carboxylic acids is 1. The van der Waals surface area contributed by atoms with Crippen molar-refractivity contribution in [2.24, 2.45) is 0 Å². The lowest BCUT2D eigenvalue weighted by Crippen LogP contribution is -2.09. The van der Waals surface area contributed by atoms with Crippen LogP contribution in [0.2, 0.25) is 0 Å². The van der Waals surface area contributed by atoms with E-state index in [9.17, 15) is 9.32 Å². The van der Waals surface area contributed by atoms with Gasteiger partial charge in [-0.05, 0) is 24.6 Å². The second-order valence-electron chi connectivity index (χ2n) is 4.26. The van der Waals surface area contributed by atoms with Crippen molar-refractivity contribution in [3.05, 3.63) is 65.7 Å². The van der Waals surface area contributed by atoms with E-state index in [0.717, 1.165) is 11.1 Å². The van der Waals surface area contributed by atoms with Crippen LogP contribution >= 0.6 is 0 Å². The van der Waals surface area contributed by atoms with Crippen molar-refractivity contribution in [1.29, 1.82) is 0 Å². The quantitative estimate of drug-likeness (QED) is 0.922. The van der Waals surface area contributed by atoms with Crippen LogP contribution in [0.4, 0.5) is 0 Å². The Morgan fingerprint density at radius 3 is 2.24 bits per heavy atom. The van der Waals surface area contributed by atoms with Crippen molar-refractivity contribution < 1.29 is 18.3 Å². The molecule has 2 aromatic rings. The summed E-state index contributed by atoms with van der Waals surface area (Å²) in [6.07, 6.45) is -0.768. The van der Waals surface area contributed by atoms with Gasteiger partial charge in [-0.15, -0.1) is 0 Å². The fourth-order valence-electron chi connectivity index (χ4n) is 1.62.